The average molecular weight is 578 g/mol. The highest BCUT2D eigenvalue weighted by atomic mass is 16.5. The lowest BCUT2D eigenvalue weighted by atomic mass is 9.80. The first-order chi connectivity index (χ1) is 19.3. The van der Waals surface area contributed by atoms with E-state index in [1.807, 2.05) is 32.0 Å². The summed E-state index contributed by atoms with van der Waals surface area (Å²) in [5.41, 5.74) is 14.9. The maximum atomic E-state index is 13.0. The van der Waals surface area contributed by atoms with Crippen LogP contribution >= 0.6 is 0 Å². The van der Waals surface area contributed by atoms with Crippen molar-refractivity contribution in [2.45, 2.75) is 79.4 Å². The number of benzene rings is 1. The monoisotopic (exact) mass is 577 g/mol. The molecule has 2 amide bonds. The Kier molecular flexibility index (Phi) is 15.6. The summed E-state index contributed by atoms with van der Waals surface area (Å²) in [6, 6.07) is 5.12. The molecule has 0 saturated heterocycles. The first-order valence-electron chi connectivity index (χ1n) is 14.4. The number of amides is 2. The van der Waals surface area contributed by atoms with Gasteiger partial charge < -0.3 is 30.4 Å². The second-order valence-corrected chi connectivity index (χ2v) is 12.0. The topological polar surface area (TPSA) is 169 Å². The van der Waals surface area contributed by atoms with E-state index in [0.717, 1.165) is 12.0 Å². The van der Waals surface area contributed by atoms with E-state index < -0.39 is 29.4 Å². The third kappa shape index (κ3) is 12.2. The van der Waals surface area contributed by atoms with Gasteiger partial charge >= 0.3 is 0 Å². The number of nitrogens with two attached hydrogens (primary N) is 1. The second-order valence-electron chi connectivity index (χ2n) is 12.0. The fourth-order valence-corrected chi connectivity index (χ4v) is 4.52. The Morgan fingerprint density at radius 3 is 2.32 bits per heavy atom. The third-order valence-electron chi connectivity index (χ3n) is 7.62. The van der Waals surface area contributed by atoms with Crippen molar-refractivity contribution in [2.24, 2.45) is 39.9 Å². The van der Waals surface area contributed by atoms with Crippen LogP contribution in [0.3, 0.4) is 0 Å². The normalized spacial score (nSPS) is 14.6. The quantitative estimate of drug-likeness (QED) is 0.0882. The molecule has 1 rings (SSSR count). The average Bonchev–Trinajstić information content (AvgIpc) is 2.91. The van der Waals surface area contributed by atoms with Gasteiger partial charge in [-0.2, -0.15) is 0 Å². The fourth-order valence-electron chi connectivity index (χ4n) is 4.52. The summed E-state index contributed by atoms with van der Waals surface area (Å²) in [5, 5.41) is 18.0. The largest absolute Gasteiger partial charge is 0.493 e. The fraction of sp³-hybridized carbons (Fsp3) is 0.733. The molecule has 0 unspecified atom stereocenters. The van der Waals surface area contributed by atoms with Crippen LogP contribution in [0.15, 0.2) is 23.3 Å². The van der Waals surface area contributed by atoms with Crippen molar-refractivity contribution in [3.05, 3.63) is 34.2 Å². The smallest absolute Gasteiger partial charge is 0.224 e. The van der Waals surface area contributed by atoms with E-state index in [4.69, 9.17) is 19.9 Å². The number of aliphatic hydroxyl groups is 1. The van der Waals surface area contributed by atoms with Crippen molar-refractivity contribution in [1.82, 2.24) is 5.32 Å². The van der Waals surface area contributed by atoms with Crippen LogP contribution < -0.4 is 20.5 Å². The molecule has 4 atom stereocenters. The van der Waals surface area contributed by atoms with Crippen LogP contribution in [-0.4, -0.2) is 63.0 Å². The number of primary amides is 1. The van der Waals surface area contributed by atoms with Gasteiger partial charge in [0, 0.05) is 37.5 Å². The molecule has 41 heavy (non-hydrogen) atoms. The lowest BCUT2D eigenvalue weighted by Gasteiger charge is -2.30. The van der Waals surface area contributed by atoms with E-state index in [1.165, 1.54) is 0 Å². The van der Waals surface area contributed by atoms with Gasteiger partial charge in [0.05, 0.1) is 31.3 Å². The van der Waals surface area contributed by atoms with Crippen molar-refractivity contribution in [3.8, 4) is 11.5 Å². The number of hydrogen-bond donors (Lipinski definition) is 3. The van der Waals surface area contributed by atoms with Gasteiger partial charge in [-0.1, -0.05) is 38.9 Å². The minimum atomic E-state index is -1.02. The predicted molar refractivity (Wildman–Crippen MR) is 160 cm³/mol. The Labute approximate surface area is 245 Å². The molecule has 11 nitrogen and oxygen atoms in total. The number of hydrogen-bond acceptors (Lipinski definition) is 7. The maximum absolute atomic E-state index is 13.0. The lowest BCUT2D eigenvalue weighted by Crippen LogP contribution is -2.45. The third-order valence-corrected chi connectivity index (χ3v) is 7.62. The molecule has 11 heteroatoms. The number of carbonyl (C=O) groups excluding carboxylic acids is 2. The number of nitrogens with zero attached hydrogens (tertiary/aromatic N) is 3. The highest BCUT2D eigenvalue weighted by molar-refractivity contribution is 5.83. The number of azide groups is 1. The van der Waals surface area contributed by atoms with Gasteiger partial charge in [-0.05, 0) is 74.1 Å². The molecule has 0 radical (unpaired) electrons. The Morgan fingerprint density at radius 2 is 1.78 bits per heavy atom. The van der Waals surface area contributed by atoms with Crippen molar-refractivity contribution >= 4 is 11.8 Å². The first kappa shape index (κ1) is 36.0. The van der Waals surface area contributed by atoms with Gasteiger partial charge in [0.25, 0.3) is 0 Å². The van der Waals surface area contributed by atoms with E-state index in [1.54, 1.807) is 28.1 Å². The minimum absolute atomic E-state index is 0.0811. The van der Waals surface area contributed by atoms with Crippen LogP contribution in [0.2, 0.25) is 0 Å². The molecule has 4 N–H and O–H groups in total. The minimum Gasteiger partial charge on any atom is -0.493 e. The molecular weight excluding hydrogens is 526 g/mol. The number of rotatable bonds is 20. The molecule has 1 aromatic rings. The number of carbonyl (C=O) groups is 2. The molecular formula is C30H51N5O6. The summed E-state index contributed by atoms with van der Waals surface area (Å²) >= 11 is 0. The Bertz CT molecular complexity index is 1010. The predicted octanol–water partition coefficient (Wildman–Crippen LogP) is 4.65. The highest BCUT2D eigenvalue weighted by Gasteiger charge is 2.33. The van der Waals surface area contributed by atoms with Crippen LogP contribution in [0.1, 0.15) is 66.4 Å². The molecule has 0 bridgehead atoms. The van der Waals surface area contributed by atoms with Gasteiger partial charge in [-0.3, -0.25) is 9.59 Å². The molecule has 0 spiro atoms. The molecule has 0 aromatic heterocycles. The summed E-state index contributed by atoms with van der Waals surface area (Å²) < 4.78 is 16.5. The van der Waals surface area contributed by atoms with Crippen molar-refractivity contribution in [1.29, 1.82) is 0 Å². The van der Waals surface area contributed by atoms with Crippen LogP contribution in [0.25, 0.3) is 10.4 Å². The number of nitrogens with one attached hydrogen (secondary N) is 1. The van der Waals surface area contributed by atoms with E-state index >= 15 is 0 Å². The van der Waals surface area contributed by atoms with Crippen molar-refractivity contribution < 1.29 is 28.9 Å². The van der Waals surface area contributed by atoms with Gasteiger partial charge in [0.1, 0.15) is 0 Å². The Hall–Kier alpha value is -3.01. The number of methoxy groups -OCH3 is 2. The van der Waals surface area contributed by atoms with Crippen LogP contribution in [0.4, 0.5) is 0 Å². The second kappa shape index (κ2) is 17.7. The van der Waals surface area contributed by atoms with Crippen molar-refractivity contribution in [3.63, 3.8) is 0 Å². The zero-order valence-electron chi connectivity index (χ0n) is 26.1. The molecule has 0 heterocycles. The molecule has 0 aliphatic heterocycles. The molecule has 0 saturated carbocycles. The summed E-state index contributed by atoms with van der Waals surface area (Å²) in [6.07, 6.45) is 0.973. The van der Waals surface area contributed by atoms with Gasteiger partial charge in [-0.25, -0.2) is 0 Å². The van der Waals surface area contributed by atoms with Crippen LogP contribution in [0.5, 0.6) is 11.5 Å². The lowest BCUT2D eigenvalue weighted by molar-refractivity contribution is -0.130. The van der Waals surface area contributed by atoms with E-state index in [9.17, 15) is 20.2 Å². The summed E-state index contributed by atoms with van der Waals surface area (Å²) in [7, 11) is 3.25. The SMILES string of the molecule is COCCCOc1cc(C[C@@H](C[C@H](N=[N+]=[N-])[C@@H](O)C[C@H](C(=O)NCC(C)(C)C(N)=O)C(C)C)C(C)C)ccc1OC. The van der Waals surface area contributed by atoms with E-state index in [-0.39, 0.29) is 36.6 Å². The van der Waals surface area contributed by atoms with Crippen molar-refractivity contribution in [2.75, 3.05) is 34.0 Å². The van der Waals surface area contributed by atoms with E-state index in [0.29, 0.717) is 37.6 Å². The molecule has 232 valence electrons. The van der Waals surface area contributed by atoms with Gasteiger partial charge in [0.15, 0.2) is 11.5 Å². The maximum Gasteiger partial charge on any atom is 0.224 e. The molecule has 0 aliphatic rings. The standard InChI is InChI=1S/C30H51N5O6/c1-19(2)22(14-21-10-11-26(40-8)27(15-21)41-13-9-12-39-7)16-24(34-35-32)25(36)17-23(20(3)4)28(37)33-18-30(5,6)29(31)38/h10-11,15,19-20,22-25,36H,9,12-14,16-18H2,1-8H3,(H2,31,38)(H,33,37)/t22-,23-,24-,25-/m0/s1. The summed E-state index contributed by atoms with van der Waals surface area (Å²) in [5.74, 6) is 0.197. The molecule has 0 aliphatic carbocycles. The van der Waals surface area contributed by atoms with E-state index in [2.05, 4.69) is 29.2 Å². The molecule has 0 fully saturated rings. The summed E-state index contributed by atoms with van der Waals surface area (Å²) in [4.78, 5) is 27.7. The Balaban J connectivity index is 3.04. The zero-order valence-corrected chi connectivity index (χ0v) is 26.1. The van der Waals surface area contributed by atoms with Gasteiger partial charge in [-0.15, -0.1) is 0 Å². The number of ether oxygens (including phenoxy) is 3. The number of aliphatic hydroxyl groups excluding tert-OH is 1. The van der Waals surface area contributed by atoms with Crippen LogP contribution in [0, 0.1) is 29.1 Å². The van der Waals surface area contributed by atoms with Crippen LogP contribution in [-0.2, 0) is 20.7 Å². The molecule has 1 aromatic carbocycles. The zero-order chi connectivity index (χ0) is 31.2. The van der Waals surface area contributed by atoms with Gasteiger partial charge in [0.2, 0.25) is 11.8 Å². The summed E-state index contributed by atoms with van der Waals surface area (Å²) in [6.45, 7) is 12.5. The first-order valence-corrected chi connectivity index (χ1v) is 14.4. The Morgan fingerprint density at radius 1 is 1.10 bits per heavy atom. The highest BCUT2D eigenvalue weighted by Crippen LogP contribution is 2.32.